The molecule has 3 aromatic heterocycles. The summed E-state index contributed by atoms with van der Waals surface area (Å²) < 4.78 is 37.6. The molecule has 0 saturated heterocycles. The molecule has 0 spiro atoms. The van der Waals surface area contributed by atoms with Crippen molar-refractivity contribution in [3.8, 4) is 11.5 Å². The van der Waals surface area contributed by atoms with E-state index in [0.717, 1.165) is 11.3 Å². The summed E-state index contributed by atoms with van der Waals surface area (Å²) in [5.41, 5.74) is 2.38. The Kier molecular flexibility index (Phi) is 4.48. The molecule has 0 unspecified atom stereocenters. The van der Waals surface area contributed by atoms with Crippen LogP contribution in [0.3, 0.4) is 0 Å². The van der Waals surface area contributed by atoms with Gasteiger partial charge in [-0.25, -0.2) is 13.1 Å². The van der Waals surface area contributed by atoms with E-state index < -0.39 is 10.0 Å². The Hall–Kier alpha value is -2.46. The van der Waals surface area contributed by atoms with Crippen molar-refractivity contribution in [2.24, 2.45) is 0 Å². The van der Waals surface area contributed by atoms with Crippen LogP contribution < -0.4 is 4.72 Å². The van der Waals surface area contributed by atoms with Gasteiger partial charge in [-0.3, -0.25) is 5.10 Å². The Morgan fingerprint density at radius 1 is 1.28 bits per heavy atom. The predicted molar refractivity (Wildman–Crippen MR) is 88.2 cm³/mol. The summed E-state index contributed by atoms with van der Waals surface area (Å²) in [4.78, 5) is 4.12. The van der Waals surface area contributed by atoms with Crippen LogP contribution in [0.25, 0.3) is 11.5 Å². The van der Waals surface area contributed by atoms with Gasteiger partial charge in [0.05, 0.1) is 6.54 Å². The molecule has 0 atom stereocenters. The second-order valence-corrected chi connectivity index (χ2v) is 7.67. The number of hydrogen-bond donors (Lipinski definition) is 2. The smallest absolute Gasteiger partial charge is 0.274 e. The van der Waals surface area contributed by atoms with Gasteiger partial charge in [0, 0.05) is 17.2 Å². The van der Waals surface area contributed by atoms with Crippen molar-refractivity contribution in [3.63, 3.8) is 0 Å². The topological polar surface area (TPSA) is 127 Å². The average molecular weight is 365 g/mol. The Bertz CT molecular complexity index is 983. The SMILES string of the molecule is Cc1[nH]nc(-c2ccc(S(=O)(=O)NCc3noc(C(C)C)n3)o2)c1C. The maximum Gasteiger partial charge on any atom is 0.274 e. The van der Waals surface area contributed by atoms with E-state index in [9.17, 15) is 8.42 Å². The number of furan rings is 1. The molecule has 0 aliphatic rings. The van der Waals surface area contributed by atoms with Crippen LogP contribution in [-0.2, 0) is 16.6 Å². The summed E-state index contributed by atoms with van der Waals surface area (Å²) in [5, 5.41) is 10.5. The van der Waals surface area contributed by atoms with Crippen LogP contribution in [0.15, 0.2) is 26.2 Å². The Labute approximate surface area is 144 Å². The van der Waals surface area contributed by atoms with Gasteiger partial charge >= 0.3 is 0 Å². The van der Waals surface area contributed by atoms with E-state index in [2.05, 4.69) is 25.1 Å². The third-order valence-electron chi connectivity index (χ3n) is 3.73. The van der Waals surface area contributed by atoms with E-state index in [4.69, 9.17) is 8.94 Å². The van der Waals surface area contributed by atoms with Crippen molar-refractivity contribution in [2.75, 3.05) is 0 Å². The van der Waals surface area contributed by atoms with Crippen molar-refractivity contribution in [1.82, 2.24) is 25.1 Å². The summed E-state index contributed by atoms with van der Waals surface area (Å²) >= 11 is 0. The number of aryl methyl sites for hydroxylation is 1. The van der Waals surface area contributed by atoms with E-state index in [-0.39, 0.29) is 23.4 Å². The number of sulfonamides is 1. The lowest BCUT2D eigenvalue weighted by Gasteiger charge is -2.01. The van der Waals surface area contributed by atoms with Crippen molar-refractivity contribution in [3.05, 3.63) is 35.1 Å². The normalized spacial score (nSPS) is 12.2. The molecule has 0 radical (unpaired) electrons. The van der Waals surface area contributed by atoms with Crippen molar-refractivity contribution in [2.45, 2.75) is 45.2 Å². The zero-order chi connectivity index (χ0) is 18.2. The number of rotatable bonds is 6. The molecule has 134 valence electrons. The molecule has 3 heterocycles. The monoisotopic (exact) mass is 365 g/mol. The molecule has 0 aliphatic carbocycles. The first kappa shape index (κ1) is 17.4. The molecular weight excluding hydrogens is 346 g/mol. The van der Waals surface area contributed by atoms with Crippen molar-refractivity contribution in [1.29, 1.82) is 0 Å². The first-order valence-electron chi connectivity index (χ1n) is 7.72. The van der Waals surface area contributed by atoms with Crippen LogP contribution in [0.2, 0.25) is 0 Å². The molecule has 0 aliphatic heterocycles. The minimum atomic E-state index is -3.84. The van der Waals surface area contributed by atoms with Crippen LogP contribution >= 0.6 is 0 Å². The van der Waals surface area contributed by atoms with Gasteiger partial charge in [0.2, 0.25) is 11.0 Å². The highest BCUT2D eigenvalue weighted by Crippen LogP contribution is 2.26. The largest absolute Gasteiger partial charge is 0.442 e. The van der Waals surface area contributed by atoms with E-state index in [1.807, 2.05) is 27.7 Å². The fourth-order valence-corrected chi connectivity index (χ4v) is 3.03. The minimum absolute atomic E-state index is 0.0750. The molecule has 2 N–H and O–H groups in total. The summed E-state index contributed by atoms with van der Waals surface area (Å²) in [5.74, 6) is 1.17. The third-order valence-corrected chi connectivity index (χ3v) is 5.00. The Balaban J connectivity index is 1.75. The highest BCUT2D eigenvalue weighted by atomic mass is 32.2. The van der Waals surface area contributed by atoms with Gasteiger partial charge in [-0.05, 0) is 26.0 Å². The van der Waals surface area contributed by atoms with Gasteiger partial charge in [0.25, 0.3) is 10.0 Å². The molecule has 9 nitrogen and oxygen atoms in total. The highest BCUT2D eigenvalue weighted by molar-refractivity contribution is 7.89. The van der Waals surface area contributed by atoms with Crippen LogP contribution in [0.4, 0.5) is 0 Å². The molecule has 3 aromatic rings. The van der Waals surface area contributed by atoms with Gasteiger partial charge < -0.3 is 8.94 Å². The summed E-state index contributed by atoms with van der Waals surface area (Å²) in [6.07, 6.45) is 0. The molecule has 0 aromatic carbocycles. The molecule has 3 rings (SSSR count). The van der Waals surface area contributed by atoms with E-state index in [1.54, 1.807) is 6.07 Å². The van der Waals surface area contributed by atoms with E-state index >= 15 is 0 Å². The average Bonchev–Trinajstić information content (AvgIpc) is 3.27. The fourth-order valence-electron chi connectivity index (χ4n) is 2.12. The van der Waals surface area contributed by atoms with Crippen LogP contribution in [0, 0.1) is 13.8 Å². The maximum absolute atomic E-state index is 12.4. The minimum Gasteiger partial charge on any atom is -0.442 e. The van der Waals surface area contributed by atoms with Gasteiger partial charge in [-0.15, -0.1) is 0 Å². The van der Waals surface area contributed by atoms with Gasteiger partial charge in [0.1, 0.15) is 5.69 Å². The first-order valence-corrected chi connectivity index (χ1v) is 9.20. The molecule has 0 fully saturated rings. The van der Waals surface area contributed by atoms with Crippen molar-refractivity contribution >= 4 is 10.0 Å². The zero-order valence-electron chi connectivity index (χ0n) is 14.3. The maximum atomic E-state index is 12.4. The number of H-pyrrole nitrogens is 1. The van der Waals surface area contributed by atoms with Gasteiger partial charge in [0.15, 0.2) is 11.6 Å². The number of hydrogen-bond acceptors (Lipinski definition) is 7. The van der Waals surface area contributed by atoms with E-state index in [1.165, 1.54) is 6.07 Å². The summed E-state index contributed by atoms with van der Waals surface area (Å²) in [6, 6.07) is 2.96. The van der Waals surface area contributed by atoms with Crippen LogP contribution in [-0.4, -0.2) is 28.8 Å². The van der Waals surface area contributed by atoms with Gasteiger partial charge in [-0.2, -0.15) is 10.1 Å². The first-order chi connectivity index (χ1) is 11.8. The number of aromatic nitrogens is 4. The van der Waals surface area contributed by atoms with Crippen LogP contribution in [0.5, 0.6) is 0 Å². The Morgan fingerprint density at radius 3 is 2.64 bits per heavy atom. The lowest BCUT2D eigenvalue weighted by Crippen LogP contribution is -2.23. The molecule has 10 heteroatoms. The molecule has 0 amide bonds. The zero-order valence-corrected chi connectivity index (χ0v) is 15.1. The standard InChI is InChI=1S/C15H19N5O4S/c1-8(2)15-17-12(20-24-15)7-16-25(21,22)13-6-5-11(23-13)14-9(3)10(4)18-19-14/h5-6,8,16H,7H2,1-4H3,(H,18,19). The number of aromatic amines is 1. The second kappa shape index (κ2) is 6.45. The van der Waals surface area contributed by atoms with E-state index in [0.29, 0.717) is 17.3 Å². The molecule has 25 heavy (non-hydrogen) atoms. The molecule has 0 bridgehead atoms. The second-order valence-electron chi connectivity index (χ2n) is 5.97. The summed E-state index contributed by atoms with van der Waals surface area (Å²) in [6.45, 7) is 7.49. The third kappa shape index (κ3) is 3.49. The highest BCUT2D eigenvalue weighted by Gasteiger charge is 2.22. The quantitative estimate of drug-likeness (QED) is 0.686. The van der Waals surface area contributed by atoms with Crippen LogP contribution in [0.1, 0.15) is 42.7 Å². The lowest BCUT2D eigenvalue weighted by atomic mass is 10.2. The Morgan fingerprint density at radius 2 is 2.04 bits per heavy atom. The fraction of sp³-hybridized carbons (Fsp3) is 0.400. The molecule has 0 saturated carbocycles. The molecular formula is C15H19N5O4S. The lowest BCUT2D eigenvalue weighted by molar-refractivity contribution is 0.360. The summed E-state index contributed by atoms with van der Waals surface area (Å²) in [7, 11) is -3.84. The number of nitrogens with zero attached hydrogens (tertiary/aromatic N) is 3. The predicted octanol–water partition coefficient (Wildman–Crippen LogP) is 2.27. The number of nitrogens with one attached hydrogen (secondary N) is 2. The van der Waals surface area contributed by atoms with Crippen molar-refractivity contribution < 1.29 is 17.4 Å². The van der Waals surface area contributed by atoms with Gasteiger partial charge in [-0.1, -0.05) is 19.0 Å².